The summed E-state index contributed by atoms with van der Waals surface area (Å²) in [6, 6.07) is 17.3. The summed E-state index contributed by atoms with van der Waals surface area (Å²) in [5, 5.41) is 3.19. The van der Waals surface area contributed by atoms with E-state index in [1.165, 1.54) is 22.3 Å². The Labute approximate surface area is 150 Å². The number of hydrogen-bond donors (Lipinski definition) is 1. The fourth-order valence-electron chi connectivity index (χ4n) is 4.36. The van der Waals surface area contributed by atoms with Crippen molar-refractivity contribution in [2.24, 2.45) is 0 Å². The number of nitrogens with one attached hydrogen (secondary N) is 1. The summed E-state index contributed by atoms with van der Waals surface area (Å²) in [4.78, 5) is 15.5. The second-order valence-electron chi connectivity index (χ2n) is 7.35. The van der Waals surface area contributed by atoms with Crippen LogP contribution in [0.2, 0.25) is 0 Å². The van der Waals surface area contributed by atoms with Gasteiger partial charge in [-0.15, -0.1) is 0 Å². The highest BCUT2D eigenvalue weighted by molar-refractivity contribution is 5.87. The van der Waals surface area contributed by atoms with Crippen LogP contribution >= 0.6 is 0 Å². The van der Waals surface area contributed by atoms with E-state index in [0.717, 1.165) is 38.8 Å². The summed E-state index contributed by atoms with van der Waals surface area (Å²) < 4.78 is 0. The van der Waals surface area contributed by atoms with Crippen LogP contribution in [-0.2, 0) is 30.7 Å². The molecular formula is C22H26N2O. The van der Waals surface area contributed by atoms with Crippen molar-refractivity contribution >= 4 is 5.91 Å². The fourth-order valence-corrected chi connectivity index (χ4v) is 4.36. The van der Waals surface area contributed by atoms with Crippen molar-refractivity contribution in [3.63, 3.8) is 0 Å². The van der Waals surface area contributed by atoms with Crippen molar-refractivity contribution in [2.45, 2.75) is 51.2 Å². The first kappa shape index (κ1) is 16.3. The third-order valence-corrected chi connectivity index (χ3v) is 5.89. The molecule has 25 heavy (non-hydrogen) atoms. The molecule has 0 bridgehead atoms. The highest BCUT2D eigenvalue weighted by atomic mass is 16.2. The van der Waals surface area contributed by atoms with Gasteiger partial charge in [0.1, 0.15) is 5.54 Å². The average Bonchev–Trinajstić information content (AvgIpc) is 2.97. The minimum Gasteiger partial charge on any atom is -0.350 e. The molecule has 1 saturated heterocycles. The molecule has 0 aliphatic carbocycles. The standard InChI is InChI=1S/C22H26N2O/c1-2-17-8-10-18(11-9-17)16-24-13-5-12-22(24)14-19-6-3-4-7-20(19)15-23-21(22)25/h3-4,6-11H,2,5,12-16H2,1H3,(H,23,25). The molecule has 1 amide bonds. The number of carbonyl (C=O) groups is 1. The van der Waals surface area contributed by atoms with Gasteiger partial charge >= 0.3 is 0 Å². The lowest BCUT2D eigenvalue weighted by Crippen LogP contribution is -2.55. The molecule has 3 nitrogen and oxygen atoms in total. The van der Waals surface area contributed by atoms with Crippen LogP contribution in [0.1, 0.15) is 42.0 Å². The number of hydrogen-bond acceptors (Lipinski definition) is 2. The summed E-state index contributed by atoms with van der Waals surface area (Å²) in [7, 11) is 0. The van der Waals surface area contributed by atoms with Crippen molar-refractivity contribution in [2.75, 3.05) is 6.54 Å². The Morgan fingerprint density at radius 2 is 1.76 bits per heavy atom. The number of likely N-dealkylation sites (tertiary alicyclic amines) is 1. The topological polar surface area (TPSA) is 32.3 Å². The Balaban J connectivity index is 1.63. The van der Waals surface area contributed by atoms with Crippen LogP contribution in [0.15, 0.2) is 48.5 Å². The lowest BCUT2D eigenvalue weighted by molar-refractivity contribution is -0.132. The van der Waals surface area contributed by atoms with Crippen LogP contribution in [0, 0.1) is 0 Å². The van der Waals surface area contributed by atoms with Crippen molar-refractivity contribution in [3.8, 4) is 0 Å². The van der Waals surface area contributed by atoms with E-state index in [-0.39, 0.29) is 5.91 Å². The van der Waals surface area contributed by atoms with Crippen molar-refractivity contribution in [1.82, 2.24) is 10.2 Å². The van der Waals surface area contributed by atoms with Gasteiger partial charge in [0.15, 0.2) is 0 Å². The Morgan fingerprint density at radius 3 is 2.52 bits per heavy atom. The van der Waals surface area contributed by atoms with E-state index in [4.69, 9.17) is 0 Å². The summed E-state index contributed by atoms with van der Waals surface area (Å²) in [5.74, 6) is 0.200. The monoisotopic (exact) mass is 334 g/mol. The molecule has 0 radical (unpaired) electrons. The summed E-state index contributed by atoms with van der Waals surface area (Å²) in [6.07, 6.45) is 3.91. The van der Waals surface area contributed by atoms with Crippen LogP contribution in [0.3, 0.4) is 0 Å². The smallest absolute Gasteiger partial charge is 0.241 e. The highest BCUT2D eigenvalue weighted by Gasteiger charge is 2.48. The minimum atomic E-state index is -0.393. The molecule has 1 N–H and O–H groups in total. The zero-order valence-corrected chi connectivity index (χ0v) is 14.9. The number of nitrogens with zero attached hydrogens (tertiary/aromatic N) is 1. The molecular weight excluding hydrogens is 308 g/mol. The van der Waals surface area contributed by atoms with Gasteiger partial charge in [-0.1, -0.05) is 55.5 Å². The average molecular weight is 334 g/mol. The van der Waals surface area contributed by atoms with Crippen LogP contribution in [0.5, 0.6) is 0 Å². The number of amides is 1. The van der Waals surface area contributed by atoms with Crippen LogP contribution in [0.25, 0.3) is 0 Å². The molecule has 2 heterocycles. The van der Waals surface area contributed by atoms with E-state index < -0.39 is 5.54 Å². The van der Waals surface area contributed by atoms with E-state index in [1.807, 2.05) is 0 Å². The largest absolute Gasteiger partial charge is 0.350 e. The second-order valence-corrected chi connectivity index (χ2v) is 7.35. The first-order valence-electron chi connectivity index (χ1n) is 9.39. The van der Waals surface area contributed by atoms with Crippen LogP contribution in [-0.4, -0.2) is 22.9 Å². The van der Waals surface area contributed by atoms with E-state index >= 15 is 0 Å². The minimum absolute atomic E-state index is 0.200. The molecule has 1 spiro atoms. The quantitative estimate of drug-likeness (QED) is 0.932. The molecule has 0 saturated carbocycles. The first-order valence-corrected chi connectivity index (χ1v) is 9.39. The van der Waals surface area contributed by atoms with E-state index in [2.05, 4.69) is 65.7 Å². The molecule has 0 aromatic heterocycles. The van der Waals surface area contributed by atoms with Crippen molar-refractivity contribution in [1.29, 1.82) is 0 Å². The van der Waals surface area contributed by atoms with Gasteiger partial charge in [0.2, 0.25) is 5.91 Å². The maximum absolute atomic E-state index is 13.1. The summed E-state index contributed by atoms with van der Waals surface area (Å²) >= 11 is 0. The molecule has 1 fully saturated rings. The molecule has 2 aliphatic rings. The summed E-state index contributed by atoms with van der Waals surface area (Å²) in [6.45, 7) is 4.66. The van der Waals surface area contributed by atoms with Gasteiger partial charge in [-0.05, 0) is 48.1 Å². The third kappa shape index (κ3) is 2.98. The van der Waals surface area contributed by atoms with Gasteiger partial charge < -0.3 is 5.32 Å². The summed E-state index contributed by atoms with van der Waals surface area (Å²) in [5.41, 5.74) is 4.83. The van der Waals surface area contributed by atoms with E-state index in [0.29, 0.717) is 6.54 Å². The molecule has 4 rings (SSSR count). The van der Waals surface area contributed by atoms with E-state index in [9.17, 15) is 4.79 Å². The van der Waals surface area contributed by atoms with Gasteiger partial charge in [0, 0.05) is 19.5 Å². The predicted molar refractivity (Wildman–Crippen MR) is 100 cm³/mol. The Kier molecular flexibility index (Phi) is 4.34. The fraction of sp³-hybridized carbons (Fsp3) is 0.409. The second kappa shape index (κ2) is 6.64. The van der Waals surface area contributed by atoms with Gasteiger partial charge in [-0.25, -0.2) is 0 Å². The van der Waals surface area contributed by atoms with Crippen molar-refractivity contribution < 1.29 is 4.79 Å². The number of rotatable bonds is 3. The molecule has 1 unspecified atom stereocenters. The molecule has 1 atom stereocenters. The molecule has 2 aliphatic heterocycles. The highest BCUT2D eigenvalue weighted by Crippen LogP contribution is 2.36. The first-order chi connectivity index (χ1) is 12.2. The Bertz CT molecular complexity index is 768. The lowest BCUT2D eigenvalue weighted by Gasteiger charge is -2.36. The Hall–Kier alpha value is -2.13. The third-order valence-electron chi connectivity index (χ3n) is 5.89. The maximum Gasteiger partial charge on any atom is 0.241 e. The lowest BCUT2D eigenvalue weighted by atomic mass is 9.86. The zero-order valence-electron chi connectivity index (χ0n) is 14.9. The van der Waals surface area contributed by atoms with Crippen LogP contribution in [0.4, 0.5) is 0 Å². The number of carbonyl (C=O) groups excluding carboxylic acids is 1. The zero-order chi connectivity index (χ0) is 17.3. The molecule has 3 heteroatoms. The molecule has 2 aromatic rings. The Morgan fingerprint density at radius 1 is 1.04 bits per heavy atom. The van der Waals surface area contributed by atoms with Gasteiger partial charge in [0.05, 0.1) is 0 Å². The number of benzene rings is 2. The maximum atomic E-state index is 13.1. The number of fused-ring (bicyclic) bond motifs is 1. The van der Waals surface area contributed by atoms with Gasteiger partial charge in [-0.3, -0.25) is 9.69 Å². The molecule has 2 aromatic carbocycles. The van der Waals surface area contributed by atoms with Gasteiger partial charge in [0.25, 0.3) is 0 Å². The van der Waals surface area contributed by atoms with Crippen LogP contribution < -0.4 is 5.32 Å². The van der Waals surface area contributed by atoms with Gasteiger partial charge in [-0.2, -0.15) is 0 Å². The van der Waals surface area contributed by atoms with E-state index in [1.54, 1.807) is 0 Å². The predicted octanol–water partition coefficient (Wildman–Crippen LogP) is 3.46. The number of aryl methyl sites for hydroxylation is 1. The molecule has 130 valence electrons. The normalized spacial score (nSPS) is 23.3. The van der Waals surface area contributed by atoms with Crippen molar-refractivity contribution in [3.05, 3.63) is 70.8 Å². The SMILES string of the molecule is CCc1ccc(CN2CCCC23Cc2ccccc2CNC3=O)cc1.